The minimum Gasteiger partial charge on any atom is -0.365 e. The lowest BCUT2D eigenvalue weighted by Gasteiger charge is -2.40. The fraction of sp³-hybridized carbons (Fsp3) is 0.579. The largest absolute Gasteiger partial charge is 0.365 e. The summed E-state index contributed by atoms with van der Waals surface area (Å²) in [7, 11) is 0. The summed E-state index contributed by atoms with van der Waals surface area (Å²) in [4.78, 5) is 18.1. The van der Waals surface area contributed by atoms with Gasteiger partial charge in [-0.05, 0) is 49.9 Å². The molecule has 0 radical (unpaired) electrons. The van der Waals surface area contributed by atoms with E-state index in [0.717, 1.165) is 19.0 Å². The molecule has 0 aromatic carbocycles. The minimum atomic E-state index is -0.590. The van der Waals surface area contributed by atoms with Crippen molar-refractivity contribution in [3.8, 4) is 0 Å². The van der Waals surface area contributed by atoms with E-state index in [0.29, 0.717) is 22.4 Å². The van der Waals surface area contributed by atoms with Crippen LogP contribution in [0.2, 0.25) is 5.02 Å². The molecule has 0 unspecified atom stereocenters. The smallest absolute Gasteiger partial charge is 0.267 e. The number of carbonyl (C=O) groups excluding carboxylic acids is 1. The number of aromatic nitrogens is 1. The van der Waals surface area contributed by atoms with Crippen molar-refractivity contribution in [3.63, 3.8) is 0 Å². The third-order valence-electron chi connectivity index (χ3n) is 5.28. The van der Waals surface area contributed by atoms with E-state index in [9.17, 15) is 4.79 Å². The Balaban J connectivity index is 0.00000196. The van der Waals surface area contributed by atoms with Gasteiger partial charge in [0.15, 0.2) is 0 Å². The van der Waals surface area contributed by atoms with Crippen LogP contribution in [0.3, 0.4) is 0 Å². The Morgan fingerprint density at radius 3 is 2.64 bits per heavy atom. The lowest BCUT2D eigenvalue weighted by Crippen LogP contribution is -2.47. The van der Waals surface area contributed by atoms with Gasteiger partial charge in [-0.25, -0.2) is 10.5 Å². The summed E-state index contributed by atoms with van der Waals surface area (Å²) >= 11 is 6.36. The molecule has 2 heterocycles. The number of hydrogen-bond donors (Lipinski definition) is 3. The highest BCUT2D eigenvalue weighted by Crippen LogP contribution is 2.27. The highest BCUT2D eigenvalue weighted by atomic mass is 35.5. The molecule has 1 aromatic heterocycles. The highest BCUT2D eigenvalue weighted by Gasteiger charge is 2.27. The monoisotopic (exact) mass is 450 g/mol. The second-order valence-corrected chi connectivity index (χ2v) is 7.59. The highest BCUT2D eigenvalue weighted by molar-refractivity contribution is 6.33. The molecule has 3 rings (SSSR count). The Morgan fingerprint density at radius 1 is 1.21 bits per heavy atom. The third-order valence-corrected chi connectivity index (χ3v) is 5.57. The lowest BCUT2D eigenvalue weighted by molar-refractivity contribution is -0.124. The Bertz CT molecular complexity index is 654. The van der Waals surface area contributed by atoms with Crippen LogP contribution in [0.5, 0.6) is 0 Å². The van der Waals surface area contributed by atoms with Crippen LogP contribution in [0.25, 0.3) is 6.08 Å². The first-order chi connectivity index (χ1) is 12.7. The standard InChI is InChI=1S/C19H27ClN4O2.2ClH/c20-17-11-14(8-9-18(25)23-26)12-21-19(17)22-15-5-4-10-24(13-15)16-6-2-1-3-7-16;;/h8-9,11-12,15-16,26H,1-7,10,13H2,(H,21,22)(H,23,25);2*1H/t15-;;/m1../s1. The van der Waals surface area contributed by atoms with Crippen LogP contribution in [0, 0.1) is 0 Å². The lowest BCUT2D eigenvalue weighted by atomic mass is 9.92. The van der Waals surface area contributed by atoms with Crippen molar-refractivity contribution in [3.05, 3.63) is 28.9 Å². The molecule has 1 aromatic rings. The van der Waals surface area contributed by atoms with Crippen LogP contribution in [-0.2, 0) is 4.79 Å². The molecule has 6 nitrogen and oxygen atoms in total. The summed E-state index contributed by atoms with van der Waals surface area (Å²) in [5, 5.41) is 12.5. The maximum atomic E-state index is 11.0. The molecule has 3 N–H and O–H groups in total. The topological polar surface area (TPSA) is 77.5 Å². The van der Waals surface area contributed by atoms with E-state index in [1.54, 1.807) is 23.8 Å². The number of hydroxylamine groups is 1. The van der Waals surface area contributed by atoms with Crippen molar-refractivity contribution >= 4 is 54.2 Å². The van der Waals surface area contributed by atoms with Crippen molar-refractivity contribution in [1.29, 1.82) is 0 Å². The summed E-state index contributed by atoms with van der Waals surface area (Å²) in [6.45, 7) is 2.24. The second-order valence-electron chi connectivity index (χ2n) is 7.18. The molecule has 1 atom stereocenters. The van der Waals surface area contributed by atoms with Crippen LogP contribution >= 0.6 is 36.4 Å². The van der Waals surface area contributed by atoms with Gasteiger partial charge in [-0.1, -0.05) is 30.9 Å². The molecule has 1 aliphatic heterocycles. The van der Waals surface area contributed by atoms with Gasteiger partial charge in [0.2, 0.25) is 0 Å². The van der Waals surface area contributed by atoms with E-state index >= 15 is 0 Å². The summed E-state index contributed by atoms with van der Waals surface area (Å²) in [6.07, 6.45) is 13.5. The van der Waals surface area contributed by atoms with Crippen molar-refractivity contribution < 1.29 is 10.0 Å². The Kier molecular flexibility index (Phi) is 11.2. The SMILES string of the molecule is Cl.Cl.O=C(C=Cc1cnc(N[C@@H]2CCCN(C3CCCCC3)C2)c(Cl)c1)NO. The summed E-state index contributed by atoms with van der Waals surface area (Å²) < 4.78 is 0. The average molecular weight is 452 g/mol. The van der Waals surface area contributed by atoms with Gasteiger partial charge in [0.05, 0.1) is 5.02 Å². The predicted octanol–water partition coefficient (Wildman–Crippen LogP) is 4.31. The van der Waals surface area contributed by atoms with Crippen LogP contribution in [0.1, 0.15) is 50.5 Å². The molecule has 0 spiro atoms. The Morgan fingerprint density at radius 2 is 1.96 bits per heavy atom. The van der Waals surface area contributed by atoms with E-state index in [1.807, 2.05) is 0 Å². The van der Waals surface area contributed by atoms with Crippen molar-refractivity contribution in [2.24, 2.45) is 0 Å². The zero-order valence-corrected chi connectivity index (χ0v) is 18.2. The van der Waals surface area contributed by atoms with Crippen LogP contribution < -0.4 is 10.8 Å². The number of halogens is 3. The van der Waals surface area contributed by atoms with Crippen molar-refractivity contribution in [2.75, 3.05) is 18.4 Å². The number of likely N-dealkylation sites (tertiary alicyclic amines) is 1. The first-order valence-corrected chi connectivity index (χ1v) is 9.82. The van der Waals surface area contributed by atoms with Gasteiger partial charge in [-0.2, -0.15) is 0 Å². The van der Waals surface area contributed by atoms with Crippen LogP contribution in [0.4, 0.5) is 5.82 Å². The van der Waals surface area contributed by atoms with Gasteiger partial charge in [0, 0.05) is 30.9 Å². The van der Waals surface area contributed by atoms with Gasteiger partial charge >= 0.3 is 0 Å². The van der Waals surface area contributed by atoms with Crippen LogP contribution in [0.15, 0.2) is 18.3 Å². The molecule has 1 amide bonds. The first-order valence-electron chi connectivity index (χ1n) is 9.44. The molecule has 1 saturated carbocycles. The summed E-state index contributed by atoms with van der Waals surface area (Å²) in [5.41, 5.74) is 2.26. The normalized spacial score (nSPS) is 20.9. The molecule has 2 aliphatic rings. The third kappa shape index (κ3) is 7.08. The molecule has 0 bridgehead atoms. The summed E-state index contributed by atoms with van der Waals surface area (Å²) in [6, 6.07) is 2.86. The number of hydrogen-bond acceptors (Lipinski definition) is 5. The Labute approximate surface area is 183 Å². The van der Waals surface area contributed by atoms with Crippen molar-refractivity contribution in [2.45, 2.75) is 57.0 Å². The number of pyridine rings is 1. The number of rotatable bonds is 5. The van der Waals surface area contributed by atoms with E-state index in [4.69, 9.17) is 16.8 Å². The molecule has 158 valence electrons. The van der Waals surface area contributed by atoms with E-state index < -0.39 is 5.91 Å². The van der Waals surface area contributed by atoms with E-state index in [2.05, 4.69) is 15.2 Å². The second kappa shape index (κ2) is 12.5. The van der Waals surface area contributed by atoms with Gasteiger partial charge in [-0.3, -0.25) is 14.9 Å². The quantitative estimate of drug-likeness (QED) is 0.353. The fourth-order valence-electron chi connectivity index (χ4n) is 3.95. The predicted molar refractivity (Wildman–Crippen MR) is 118 cm³/mol. The molecular weight excluding hydrogens is 423 g/mol. The number of carbonyl (C=O) groups is 1. The fourth-order valence-corrected chi connectivity index (χ4v) is 4.18. The van der Waals surface area contributed by atoms with Gasteiger partial charge in [0.25, 0.3) is 5.91 Å². The molecule has 28 heavy (non-hydrogen) atoms. The zero-order valence-electron chi connectivity index (χ0n) is 15.8. The van der Waals surface area contributed by atoms with Gasteiger partial charge < -0.3 is 5.32 Å². The van der Waals surface area contributed by atoms with Gasteiger partial charge in [0.1, 0.15) is 5.82 Å². The molecule has 9 heteroatoms. The molecule has 1 saturated heterocycles. The average Bonchev–Trinajstić information content (AvgIpc) is 2.69. The number of anilines is 1. The Hall–Kier alpha value is -1.05. The number of amides is 1. The zero-order chi connectivity index (χ0) is 18.4. The molecule has 2 fully saturated rings. The number of nitrogens with one attached hydrogen (secondary N) is 2. The van der Waals surface area contributed by atoms with Gasteiger partial charge in [-0.15, -0.1) is 24.8 Å². The summed E-state index contributed by atoms with van der Waals surface area (Å²) in [5.74, 6) is 0.0965. The molecular formula is C19H29Cl3N4O2. The minimum absolute atomic E-state index is 0. The number of piperidine rings is 1. The van der Waals surface area contributed by atoms with E-state index in [1.165, 1.54) is 51.1 Å². The van der Waals surface area contributed by atoms with Crippen LogP contribution in [-0.4, -0.2) is 46.2 Å². The number of nitrogens with zero attached hydrogens (tertiary/aromatic N) is 2. The maximum absolute atomic E-state index is 11.0. The van der Waals surface area contributed by atoms with E-state index in [-0.39, 0.29) is 24.8 Å². The first kappa shape index (κ1) is 25.0. The maximum Gasteiger partial charge on any atom is 0.267 e. The molecule has 1 aliphatic carbocycles. The van der Waals surface area contributed by atoms with Crippen molar-refractivity contribution in [1.82, 2.24) is 15.4 Å².